The number of ether oxygens (including phenoxy) is 1. The summed E-state index contributed by atoms with van der Waals surface area (Å²) in [6.07, 6.45) is 0.676. The van der Waals surface area contributed by atoms with E-state index in [0.717, 1.165) is 18.1 Å². The van der Waals surface area contributed by atoms with Crippen LogP contribution in [-0.4, -0.2) is 59.1 Å². The van der Waals surface area contributed by atoms with Crippen LogP contribution in [0, 0.1) is 0 Å². The van der Waals surface area contributed by atoms with E-state index in [-0.39, 0.29) is 29.7 Å². The van der Waals surface area contributed by atoms with Crippen LogP contribution < -0.4 is 21.1 Å². The molecule has 0 radical (unpaired) electrons. The number of nitrogens with one attached hydrogen (secondary N) is 2. The number of likely N-dealkylation sites (N-methyl/N-ethyl adjacent to an activating group) is 1. The van der Waals surface area contributed by atoms with Crippen molar-refractivity contribution in [3.8, 4) is 5.88 Å². The maximum absolute atomic E-state index is 13.2. The maximum atomic E-state index is 13.2. The number of aliphatic hydroxyl groups is 1. The molecule has 1 aromatic carbocycles. The van der Waals surface area contributed by atoms with Gasteiger partial charge in [0.25, 0.3) is 5.91 Å². The van der Waals surface area contributed by atoms with E-state index in [4.69, 9.17) is 15.6 Å². The molecule has 9 nitrogen and oxygen atoms in total. The van der Waals surface area contributed by atoms with Crippen LogP contribution in [0.2, 0.25) is 0 Å². The predicted octanol–water partition coefficient (Wildman–Crippen LogP) is 2.59. The van der Waals surface area contributed by atoms with Crippen LogP contribution in [0.25, 0.3) is 0 Å². The predicted molar refractivity (Wildman–Crippen MR) is 122 cm³/mol. The molecule has 2 aromatic rings. The minimum Gasteiger partial charge on any atom is -0.472 e. The van der Waals surface area contributed by atoms with Crippen LogP contribution in [0.1, 0.15) is 40.4 Å². The van der Waals surface area contributed by atoms with E-state index >= 15 is 0 Å². The molecular weight excluding hydrogens is 456 g/mol. The number of nitrogens with two attached hydrogens (primary N) is 1. The van der Waals surface area contributed by atoms with Crippen LogP contribution in [0.4, 0.5) is 18.6 Å². The van der Waals surface area contributed by atoms with Crippen molar-refractivity contribution in [1.82, 2.24) is 14.6 Å². The van der Waals surface area contributed by atoms with Gasteiger partial charge in [-0.25, -0.2) is 13.6 Å². The van der Waals surface area contributed by atoms with E-state index in [0.29, 0.717) is 42.7 Å². The molecule has 1 aromatic heterocycles. The first-order valence-electron chi connectivity index (χ1n) is 10.5. The van der Waals surface area contributed by atoms with Gasteiger partial charge < -0.3 is 25.8 Å². The first-order chi connectivity index (χ1) is 15.9. The lowest BCUT2D eigenvalue weighted by Crippen LogP contribution is -2.33. The summed E-state index contributed by atoms with van der Waals surface area (Å²) >= 11 is 0.822. The average molecular weight is 486 g/mol. The third kappa shape index (κ3) is 7.91. The molecule has 0 bridgehead atoms. The van der Waals surface area contributed by atoms with Gasteiger partial charge in [0.2, 0.25) is 5.88 Å². The number of aromatic nitrogens is 1. The van der Waals surface area contributed by atoms with Crippen molar-refractivity contribution in [2.24, 2.45) is 5.73 Å². The van der Waals surface area contributed by atoms with Crippen molar-refractivity contribution in [3.05, 3.63) is 40.5 Å². The van der Waals surface area contributed by atoms with Gasteiger partial charge in [0.1, 0.15) is 30.5 Å². The molecule has 0 saturated carbocycles. The Morgan fingerprint density at radius 3 is 2.67 bits per heavy atom. The molecule has 33 heavy (non-hydrogen) atoms. The number of carbonyl (C=O) groups is 2. The highest BCUT2D eigenvalue weighted by Gasteiger charge is 2.22. The van der Waals surface area contributed by atoms with E-state index in [1.807, 2.05) is 6.92 Å². The van der Waals surface area contributed by atoms with Crippen LogP contribution in [0.5, 0.6) is 5.88 Å². The number of carbonyl (C=O) groups excluding carboxylic acids is 2. The van der Waals surface area contributed by atoms with Crippen LogP contribution >= 0.6 is 11.5 Å². The third-order valence-electron chi connectivity index (χ3n) is 4.87. The molecule has 182 valence electrons. The second-order valence-electron chi connectivity index (χ2n) is 7.11. The number of benzene rings is 1. The van der Waals surface area contributed by atoms with Gasteiger partial charge >= 0.3 is 6.03 Å². The quantitative estimate of drug-likeness (QED) is 0.304. The van der Waals surface area contributed by atoms with Crippen molar-refractivity contribution in [3.63, 3.8) is 0 Å². The highest BCUT2D eigenvalue weighted by molar-refractivity contribution is 7.11. The van der Waals surface area contributed by atoms with Gasteiger partial charge in [0.15, 0.2) is 0 Å². The SMILES string of the molecule is CCN(CCO)CCCNC(=O)Nc1snc(OCc2cc(CF)ccc2CF)c1C(N)=O. The highest BCUT2D eigenvalue weighted by Crippen LogP contribution is 2.31. The summed E-state index contributed by atoms with van der Waals surface area (Å²) in [5.74, 6) is -0.944. The lowest BCUT2D eigenvalue weighted by molar-refractivity contribution is 0.0996. The Bertz CT molecular complexity index is 928. The van der Waals surface area contributed by atoms with Crippen molar-refractivity contribution in [1.29, 1.82) is 0 Å². The molecule has 2 rings (SSSR count). The number of anilines is 1. The summed E-state index contributed by atoms with van der Waals surface area (Å²) in [5, 5.41) is 14.3. The van der Waals surface area contributed by atoms with Crippen molar-refractivity contribution < 1.29 is 28.2 Å². The topological polar surface area (TPSA) is 130 Å². The van der Waals surface area contributed by atoms with Crippen molar-refractivity contribution in [2.45, 2.75) is 33.3 Å². The number of nitrogens with zero attached hydrogens (tertiary/aromatic N) is 2. The smallest absolute Gasteiger partial charge is 0.319 e. The molecule has 5 N–H and O–H groups in total. The number of rotatable bonds is 14. The largest absolute Gasteiger partial charge is 0.472 e. The molecule has 0 fully saturated rings. The molecular formula is C21H29F2N5O4S. The lowest BCUT2D eigenvalue weighted by Gasteiger charge is -2.18. The average Bonchev–Trinajstić information content (AvgIpc) is 3.21. The highest BCUT2D eigenvalue weighted by atomic mass is 32.1. The summed E-state index contributed by atoms with van der Waals surface area (Å²) in [6.45, 7) is 2.92. The van der Waals surface area contributed by atoms with E-state index in [1.165, 1.54) is 18.2 Å². The molecule has 0 aliphatic carbocycles. The molecule has 0 saturated heterocycles. The Morgan fingerprint density at radius 2 is 2.03 bits per heavy atom. The Morgan fingerprint density at radius 1 is 1.24 bits per heavy atom. The van der Waals surface area contributed by atoms with Crippen LogP contribution in [0.15, 0.2) is 18.2 Å². The van der Waals surface area contributed by atoms with Gasteiger partial charge in [-0.1, -0.05) is 19.1 Å². The number of amides is 3. The van der Waals surface area contributed by atoms with Gasteiger partial charge in [0.05, 0.1) is 6.61 Å². The summed E-state index contributed by atoms with van der Waals surface area (Å²) in [5.41, 5.74) is 6.48. The molecule has 0 spiro atoms. The summed E-state index contributed by atoms with van der Waals surface area (Å²) < 4.78 is 35.8. The van der Waals surface area contributed by atoms with E-state index in [2.05, 4.69) is 19.9 Å². The minimum absolute atomic E-state index is 0.0732. The van der Waals surface area contributed by atoms with Crippen molar-refractivity contribution >= 4 is 28.5 Å². The standard InChI is InChI=1S/C21H29F2N5O4S/c1-2-28(8-9-29)7-3-6-25-21(31)26-20-17(18(24)30)19(27-33-20)32-13-16-10-14(11-22)4-5-15(16)12-23/h4-5,10,29H,2-3,6-9,11-13H2,1H3,(H2,24,30)(H2,25,26,31). The summed E-state index contributed by atoms with van der Waals surface area (Å²) in [6, 6.07) is 3.92. The second-order valence-corrected chi connectivity index (χ2v) is 7.88. The van der Waals surface area contributed by atoms with E-state index in [9.17, 15) is 18.4 Å². The fraction of sp³-hybridized carbons (Fsp3) is 0.476. The number of hydrogen-bond acceptors (Lipinski definition) is 7. The number of primary amides is 1. The molecule has 0 aliphatic rings. The van der Waals surface area contributed by atoms with Gasteiger partial charge in [-0.15, -0.1) is 0 Å². The van der Waals surface area contributed by atoms with E-state index in [1.54, 1.807) is 0 Å². The third-order valence-corrected chi connectivity index (χ3v) is 5.61. The molecule has 1 heterocycles. The zero-order chi connectivity index (χ0) is 24.2. The number of alkyl halides is 2. The van der Waals surface area contributed by atoms with Crippen LogP contribution in [0.3, 0.4) is 0 Å². The minimum atomic E-state index is -0.847. The van der Waals surface area contributed by atoms with Gasteiger partial charge in [-0.05, 0) is 53.8 Å². The number of urea groups is 1. The molecule has 3 amide bonds. The Balaban J connectivity index is 1.97. The molecule has 0 atom stereocenters. The normalized spacial score (nSPS) is 10.9. The fourth-order valence-corrected chi connectivity index (χ4v) is 3.81. The molecule has 0 aliphatic heterocycles. The summed E-state index contributed by atoms with van der Waals surface area (Å²) in [7, 11) is 0. The number of hydrogen-bond donors (Lipinski definition) is 4. The second kappa shape index (κ2) is 13.7. The summed E-state index contributed by atoms with van der Waals surface area (Å²) in [4.78, 5) is 26.2. The van der Waals surface area contributed by atoms with Crippen molar-refractivity contribution in [2.75, 3.05) is 38.1 Å². The maximum Gasteiger partial charge on any atom is 0.319 e. The molecule has 12 heteroatoms. The Labute approximate surface area is 195 Å². The first-order valence-corrected chi connectivity index (χ1v) is 11.2. The van der Waals surface area contributed by atoms with Gasteiger partial charge in [0, 0.05) is 13.1 Å². The zero-order valence-corrected chi connectivity index (χ0v) is 19.2. The van der Waals surface area contributed by atoms with Crippen LogP contribution in [-0.2, 0) is 20.0 Å². The zero-order valence-electron chi connectivity index (χ0n) is 18.4. The number of aliphatic hydroxyl groups excluding tert-OH is 1. The van der Waals surface area contributed by atoms with E-state index < -0.39 is 25.3 Å². The number of halogens is 2. The Hall–Kier alpha value is -2.83. The van der Waals surface area contributed by atoms with Gasteiger partial charge in [-0.3, -0.25) is 10.1 Å². The monoisotopic (exact) mass is 485 g/mol. The fourth-order valence-electron chi connectivity index (χ4n) is 3.07. The molecule has 0 unspecified atom stereocenters. The van der Waals surface area contributed by atoms with Gasteiger partial charge in [-0.2, -0.15) is 4.37 Å². The first kappa shape index (κ1) is 26.4. The lowest BCUT2D eigenvalue weighted by atomic mass is 10.1. The Kier molecular flexibility index (Phi) is 10.9.